The molecule has 2 aromatic rings. The van der Waals surface area contributed by atoms with Crippen molar-refractivity contribution in [2.24, 2.45) is 5.92 Å². The Morgan fingerprint density at radius 2 is 1.54 bits per heavy atom. The quantitative estimate of drug-likeness (QED) is 0.863. The summed E-state index contributed by atoms with van der Waals surface area (Å²) in [5.74, 6) is 2.39. The van der Waals surface area contributed by atoms with Crippen molar-refractivity contribution in [3.05, 3.63) is 54.1 Å². The van der Waals surface area contributed by atoms with E-state index in [9.17, 15) is 0 Å². The SMILES string of the molecule is COc1ccc(-c2ccc(C3[C@H]4CNC[C@@H]3N4CC3CCOCC3)cc2)cc1. The second kappa shape index (κ2) is 7.86. The van der Waals surface area contributed by atoms with Crippen molar-refractivity contribution in [3.8, 4) is 16.9 Å². The Bertz CT molecular complexity index is 771. The molecule has 0 saturated carbocycles. The van der Waals surface area contributed by atoms with Gasteiger partial charge in [-0.15, -0.1) is 0 Å². The summed E-state index contributed by atoms with van der Waals surface area (Å²) in [6, 6.07) is 18.9. The van der Waals surface area contributed by atoms with Gasteiger partial charge in [-0.2, -0.15) is 0 Å². The fourth-order valence-corrected chi connectivity index (χ4v) is 5.30. The van der Waals surface area contributed by atoms with Crippen LogP contribution in [-0.4, -0.2) is 56.9 Å². The van der Waals surface area contributed by atoms with E-state index in [1.54, 1.807) is 7.11 Å². The molecular weight excluding hydrogens is 348 g/mol. The molecule has 4 nitrogen and oxygen atoms in total. The van der Waals surface area contributed by atoms with Crippen LogP contribution in [-0.2, 0) is 4.74 Å². The van der Waals surface area contributed by atoms with Crippen molar-refractivity contribution in [3.63, 3.8) is 0 Å². The van der Waals surface area contributed by atoms with E-state index in [1.165, 1.54) is 36.1 Å². The van der Waals surface area contributed by atoms with E-state index in [4.69, 9.17) is 9.47 Å². The van der Waals surface area contributed by atoms with Gasteiger partial charge in [0, 0.05) is 50.8 Å². The van der Waals surface area contributed by atoms with Gasteiger partial charge in [-0.3, -0.25) is 4.90 Å². The highest BCUT2D eigenvalue weighted by molar-refractivity contribution is 5.64. The Balaban J connectivity index is 1.28. The summed E-state index contributed by atoms with van der Waals surface area (Å²) in [5, 5.41) is 3.62. The molecule has 2 bridgehead atoms. The molecule has 3 fully saturated rings. The predicted octanol–water partition coefficient (Wildman–Crippen LogP) is 3.53. The molecule has 3 heterocycles. The van der Waals surface area contributed by atoms with Gasteiger partial charge in [-0.05, 0) is 47.6 Å². The van der Waals surface area contributed by atoms with Gasteiger partial charge in [-0.25, -0.2) is 0 Å². The molecule has 3 aliphatic rings. The van der Waals surface area contributed by atoms with Crippen molar-refractivity contribution in [1.29, 1.82) is 0 Å². The number of nitrogens with zero attached hydrogens (tertiary/aromatic N) is 1. The largest absolute Gasteiger partial charge is 0.497 e. The third-order valence-electron chi connectivity index (χ3n) is 6.92. The standard InChI is InChI=1S/C24H30N2O2/c1-27-21-8-6-19(7-9-21)18-2-4-20(5-3-18)24-22-14-25-15-23(24)26(22)16-17-10-12-28-13-11-17/h2-9,17,22-25H,10-16H2,1H3/t22-,23+,24?. The van der Waals surface area contributed by atoms with Gasteiger partial charge < -0.3 is 14.8 Å². The van der Waals surface area contributed by atoms with E-state index in [1.807, 2.05) is 12.1 Å². The van der Waals surface area contributed by atoms with Crippen LogP contribution in [0, 0.1) is 5.92 Å². The molecule has 148 valence electrons. The van der Waals surface area contributed by atoms with Crippen molar-refractivity contribution in [1.82, 2.24) is 10.2 Å². The summed E-state index contributed by atoms with van der Waals surface area (Å²) in [6.07, 6.45) is 2.45. The number of likely N-dealkylation sites (tertiary alicyclic amines) is 1. The number of methoxy groups -OCH3 is 1. The highest BCUT2D eigenvalue weighted by atomic mass is 16.5. The molecule has 3 saturated heterocycles. The van der Waals surface area contributed by atoms with Gasteiger partial charge in [-0.1, -0.05) is 36.4 Å². The van der Waals surface area contributed by atoms with Crippen LogP contribution in [0.4, 0.5) is 0 Å². The van der Waals surface area contributed by atoms with Crippen LogP contribution in [0.2, 0.25) is 0 Å². The van der Waals surface area contributed by atoms with Crippen LogP contribution in [0.1, 0.15) is 24.3 Å². The average molecular weight is 379 g/mol. The van der Waals surface area contributed by atoms with Crippen LogP contribution in [0.25, 0.3) is 11.1 Å². The number of piperazine rings is 1. The van der Waals surface area contributed by atoms with E-state index >= 15 is 0 Å². The molecule has 0 aromatic heterocycles. The molecule has 3 aliphatic heterocycles. The van der Waals surface area contributed by atoms with Crippen molar-refractivity contribution in [2.75, 3.05) is 40.0 Å². The first-order valence-corrected chi connectivity index (χ1v) is 10.6. The van der Waals surface area contributed by atoms with Gasteiger partial charge in [0.05, 0.1) is 7.11 Å². The number of hydrogen-bond donors (Lipinski definition) is 1. The smallest absolute Gasteiger partial charge is 0.118 e. The highest BCUT2D eigenvalue weighted by Gasteiger charge is 2.51. The van der Waals surface area contributed by atoms with Crippen molar-refractivity contribution < 1.29 is 9.47 Å². The summed E-state index contributed by atoms with van der Waals surface area (Å²) in [6.45, 7) is 5.38. The number of rotatable bonds is 5. The average Bonchev–Trinajstić information content (AvgIpc) is 2.78. The van der Waals surface area contributed by atoms with E-state index in [0.29, 0.717) is 18.0 Å². The lowest BCUT2D eigenvalue weighted by Gasteiger charge is -2.60. The van der Waals surface area contributed by atoms with Crippen LogP contribution in [0.5, 0.6) is 5.75 Å². The van der Waals surface area contributed by atoms with E-state index < -0.39 is 0 Å². The molecule has 5 rings (SSSR count). The van der Waals surface area contributed by atoms with Gasteiger partial charge in [0.1, 0.15) is 5.75 Å². The second-order valence-corrected chi connectivity index (χ2v) is 8.42. The number of nitrogens with one attached hydrogen (secondary N) is 1. The molecule has 0 radical (unpaired) electrons. The van der Waals surface area contributed by atoms with Gasteiger partial charge in [0.2, 0.25) is 0 Å². The lowest BCUT2D eigenvalue weighted by Crippen LogP contribution is -2.73. The van der Waals surface area contributed by atoms with Gasteiger partial charge >= 0.3 is 0 Å². The minimum atomic E-state index is 0.647. The molecular formula is C24H30N2O2. The normalized spacial score (nSPS) is 28.0. The monoisotopic (exact) mass is 378 g/mol. The zero-order valence-corrected chi connectivity index (χ0v) is 16.6. The van der Waals surface area contributed by atoms with Crippen molar-refractivity contribution in [2.45, 2.75) is 30.8 Å². The molecule has 0 aliphatic carbocycles. The Morgan fingerprint density at radius 1 is 0.929 bits per heavy atom. The lowest BCUT2D eigenvalue weighted by molar-refractivity contribution is -0.0628. The van der Waals surface area contributed by atoms with E-state index in [0.717, 1.165) is 38.0 Å². The third kappa shape index (κ3) is 3.34. The van der Waals surface area contributed by atoms with Gasteiger partial charge in [0.25, 0.3) is 0 Å². The van der Waals surface area contributed by atoms with Crippen LogP contribution in [0.3, 0.4) is 0 Å². The molecule has 0 amide bonds. The Morgan fingerprint density at radius 3 is 2.14 bits per heavy atom. The fraction of sp³-hybridized carbons (Fsp3) is 0.500. The second-order valence-electron chi connectivity index (χ2n) is 8.42. The molecule has 1 unspecified atom stereocenters. The Hall–Kier alpha value is -1.88. The molecule has 3 atom stereocenters. The maximum absolute atomic E-state index is 5.54. The first-order valence-electron chi connectivity index (χ1n) is 10.6. The maximum Gasteiger partial charge on any atom is 0.118 e. The van der Waals surface area contributed by atoms with Gasteiger partial charge in [0.15, 0.2) is 0 Å². The fourth-order valence-electron chi connectivity index (χ4n) is 5.30. The molecule has 1 N–H and O–H groups in total. The number of hydrogen-bond acceptors (Lipinski definition) is 4. The lowest BCUT2D eigenvalue weighted by atomic mass is 9.71. The van der Waals surface area contributed by atoms with Crippen molar-refractivity contribution >= 4 is 0 Å². The summed E-state index contributed by atoms with van der Waals surface area (Å²) in [5.41, 5.74) is 4.01. The number of fused-ring (bicyclic) bond motifs is 2. The molecule has 28 heavy (non-hydrogen) atoms. The predicted molar refractivity (Wildman–Crippen MR) is 112 cm³/mol. The Labute approximate surface area is 167 Å². The summed E-state index contributed by atoms with van der Waals surface area (Å²) in [7, 11) is 1.71. The zero-order chi connectivity index (χ0) is 18.9. The number of benzene rings is 2. The minimum Gasteiger partial charge on any atom is -0.497 e. The number of piperidine rings is 1. The minimum absolute atomic E-state index is 0.647. The highest BCUT2D eigenvalue weighted by Crippen LogP contribution is 2.43. The summed E-state index contributed by atoms with van der Waals surface area (Å²) < 4.78 is 10.8. The first-order chi connectivity index (χ1) is 13.8. The Kier molecular flexibility index (Phi) is 5.10. The maximum atomic E-state index is 5.54. The molecule has 2 aromatic carbocycles. The molecule has 4 heteroatoms. The molecule has 0 spiro atoms. The van der Waals surface area contributed by atoms with E-state index in [2.05, 4.69) is 46.6 Å². The van der Waals surface area contributed by atoms with Crippen LogP contribution >= 0.6 is 0 Å². The van der Waals surface area contributed by atoms with Crippen LogP contribution < -0.4 is 10.1 Å². The zero-order valence-electron chi connectivity index (χ0n) is 16.6. The van der Waals surface area contributed by atoms with Crippen LogP contribution in [0.15, 0.2) is 48.5 Å². The summed E-state index contributed by atoms with van der Waals surface area (Å²) in [4.78, 5) is 2.77. The summed E-state index contributed by atoms with van der Waals surface area (Å²) >= 11 is 0. The van der Waals surface area contributed by atoms with E-state index in [-0.39, 0.29) is 0 Å². The topological polar surface area (TPSA) is 33.7 Å². The number of ether oxygens (including phenoxy) is 2. The first kappa shape index (κ1) is 18.2. The third-order valence-corrected chi connectivity index (χ3v) is 6.92.